The molecule has 0 aliphatic heterocycles. The molecule has 0 heterocycles. The summed E-state index contributed by atoms with van der Waals surface area (Å²) < 4.78 is 12.5. The summed E-state index contributed by atoms with van der Waals surface area (Å²) in [6, 6.07) is 0. The highest BCUT2D eigenvalue weighted by Crippen LogP contribution is 2.50. The summed E-state index contributed by atoms with van der Waals surface area (Å²) in [5.74, 6) is 1.98. The van der Waals surface area contributed by atoms with Crippen LogP contribution in [0.15, 0.2) is 11.8 Å². The Morgan fingerprint density at radius 2 is 1.82 bits per heavy atom. The molecular formula is C19H36O2Si. The van der Waals surface area contributed by atoms with Gasteiger partial charge in [-0.3, -0.25) is 0 Å². The van der Waals surface area contributed by atoms with Gasteiger partial charge in [0.05, 0.1) is 11.9 Å². The first-order chi connectivity index (χ1) is 10.1. The van der Waals surface area contributed by atoms with Crippen LogP contribution in [0.2, 0.25) is 18.1 Å². The predicted octanol–water partition coefficient (Wildman–Crippen LogP) is 5.90. The Hall–Kier alpha value is -0.283. The van der Waals surface area contributed by atoms with Crippen molar-refractivity contribution in [2.24, 2.45) is 11.3 Å². The minimum absolute atomic E-state index is 0.271. The van der Waals surface area contributed by atoms with E-state index in [1.165, 1.54) is 31.4 Å². The van der Waals surface area contributed by atoms with Gasteiger partial charge in [0.1, 0.15) is 0 Å². The first-order valence-electron chi connectivity index (χ1n) is 9.01. The maximum atomic E-state index is 6.61. The summed E-state index contributed by atoms with van der Waals surface area (Å²) in [4.78, 5) is 0. The van der Waals surface area contributed by atoms with Gasteiger partial charge in [0.2, 0.25) is 8.32 Å². The van der Waals surface area contributed by atoms with Gasteiger partial charge in [-0.15, -0.1) is 0 Å². The van der Waals surface area contributed by atoms with Crippen LogP contribution in [0.25, 0.3) is 0 Å². The number of hydrogen-bond donors (Lipinski definition) is 0. The standard InChI is InChI=1S/C19H36O2Si/c1-18(2,3)22(6,7)21-16-12-13-19(4)15(14-16)10-8-9-11-17(19)20-5/h12,15,17H,8-11,13-14H2,1-7H3/t15-,17+,19-/m0/s1. The van der Waals surface area contributed by atoms with Crippen LogP contribution in [-0.4, -0.2) is 21.5 Å². The number of methoxy groups -OCH3 is 1. The van der Waals surface area contributed by atoms with E-state index < -0.39 is 8.32 Å². The fourth-order valence-electron chi connectivity index (χ4n) is 3.89. The SMILES string of the molecule is CO[C@@H]1CCCC[C@H]2CC(O[Si](C)(C)C(C)(C)C)=CC[C@@]21C. The van der Waals surface area contributed by atoms with Gasteiger partial charge in [-0.25, -0.2) is 0 Å². The molecule has 2 aliphatic rings. The van der Waals surface area contributed by atoms with Crippen molar-refractivity contribution in [2.45, 2.75) is 90.5 Å². The zero-order valence-electron chi connectivity index (χ0n) is 15.8. The fourth-order valence-corrected chi connectivity index (χ4v) is 5.02. The van der Waals surface area contributed by atoms with E-state index in [0.29, 0.717) is 17.4 Å². The summed E-state index contributed by atoms with van der Waals surface area (Å²) in [5.41, 5.74) is 0.297. The Balaban J connectivity index is 2.16. The molecule has 0 radical (unpaired) electrons. The van der Waals surface area contributed by atoms with E-state index in [1.807, 2.05) is 7.11 Å². The maximum absolute atomic E-state index is 6.61. The lowest BCUT2D eigenvalue weighted by molar-refractivity contribution is -0.0415. The number of ether oxygens (including phenoxy) is 1. The molecule has 0 aromatic carbocycles. The first kappa shape index (κ1) is 18.1. The van der Waals surface area contributed by atoms with Gasteiger partial charge < -0.3 is 9.16 Å². The summed E-state index contributed by atoms with van der Waals surface area (Å²) in [7, 11) is 0.182. The molecule has 0 aromatic rings. The normalized spacial score (nSPS) is 33.7. The molecule has 128 valence electrons. The van der Waals surface area contributed by atoms with Gasteiger partial charge in [-0.2, -0.15) is 0 Å². The molecule has 0 bridgehead atoms. The molecular weight excluding hydrogens is 288 g/mol. The number of fused-ring (bicyclic) bond motifs is 1. The monoisotopic (exact) mass is 324 g/mol. The molecule has 0 saturated heterocycles. The van der Waals surface area contributed by atoms with Gasteiger partial charge in [0, 0.05) is 18.9 Å². The van der Waals surface area contributed by atoms with Gasteiger partial charge in [0.25, 0.3) is 0 Å². The minimum Gasteiger partial charge on any atom is -0.547 e. The van der Waals surface area contributed by atoms with Crippen molar-refractivity contribution in [1.82, 2.24) is 0 Å². The van der Waals surface area contributed by atoms with E-state index in [9.17, 15) is 0 Å². The quantitative estimate of drug-likeness (QED) is 0.602. The van der Waals surface area contributed by atoms with Crippen LogP contribution in [0.4, 0.5) is 0 Å². The second-order valence-corrected chi connectivity index (χ2v) is 13.9. The Morgan fingerprint density at radius 1 is 1.18 bits per heavy atom. The zero-order valence-corrected chi connectivity index (χ0v) is 16.8. The lowest BCUT2D eigenvalue weighted by Gasteiger charge is -2.46. The maximum Gasteiger partial charge on any atom is 0.250 e. The molecule has 2 rings (SSSR count). The molecule has 0 amide bonds. The molecule has 0 N–H and O–H groups in total. The summed E-state index contributed by atoms with van der Waals surface area (Å²) in [6.45, 7) is 14.1. The third-order valence-electron chi connectivity index (χ3n) is 6.63. The smallest absolute Gasteiger partial charge is 0.250 e. The fraction of sp³-hybridized carbons (Fsp3) is 0.895. The van der Waals surface area contributed by atoms with Crippen molar-refractivity contribution in [3.05, 3.63) is 11.8 Å². The predicted molar refractivity (Wildman–Crippen MR) is 96.5 cm³/mol. The van der Waals surface area contributed by atoms with Crippen molar-refractivity contribution in [3.63, 3.8) is 0 Å². The molecule has 3 heteroatoms. The van der Waals surface area contributed by atoms with E-state index in [4.69, 9.17) is 9.16 Å². The van der Waals surface area contributed by atoms with Crippen LogP contribution in [0, 0.1) is 11.3 Å². The van der Waals surface area contributed by atoms with Crippen molar-refractivity contribution in [1.29, 1.82) is 0 Å². The number of rotatable bonds is 3. The molecule has 22 heavy (non-hydrogen) atoms. The summed E-state index contributed by atoms with van der Waals surface area (Å²) in [6.07, 6.45) is 10.2. The summed E-state index contributed by atoms with van der Waals surface area (Å²) in [5, 5.41) is 0.271. The van der Waals surface area contributed by atoms with Crippen LogP contribution in [0.3, 0.4) is 0 Å². The highest BCUT2D eigenvalue weighted by atomic mass is 28.4. The third kappa shape index (κ3) is 3.45. The van der Waals surface area contributed by atoms with Crippen molar-refractivity contribution >= 4 is 8.32 Å². The van der Waals surface area contributed by atoms with Gasteiger partial charge in [-0.05, 0) is 49.4 Å². The Kier molecular flexibility index (Phi) is 5.18. The van der Waals surface area contributed by atoms with Crippen molar-refractivity contribution in [2.75, 3.05) is 7.11 Å². The molecule has 0 aromatic heterocycles. The lowest BCUT2D eigenvalue weighted by Crippen LogP contribution is -2.44. The average Bonchev–Trinajstić information content (AvgIpc) is 2.56. The topological polar surface area (TPSA) is 18.5 Å². The third-order valence-corrected chi connectivity index (χ3v) is 11.0. The Labute approximate surface area is 138 Å². The molecule has 0 spiro atoms. The second kappa shape index (κ2) is 6.31. The van der Waals surface area contributed by atoms with E-state index in [-0.39, 0.29) is 5.04 Å². The first-order valence-corrected chi connectivity index (χ1v) is 11.9. The van der Waals surface area contributed by atoms with E-state index >= 15 is 0 Å². The van der Waals surface area contributed by atoms with Crippen molar-refractivity contribution in [3.8, 4) is 0 Å². The van der Waals surface area contributed by atoms with Crippen LogP contribution in [0.5, 0.6) is 0 Å². The number of allylic oxidation sites excluding steroid dienone is 2. The van der Waals surface area contributed by atoms with Crippen LogP contribution < -0.4 is 0 Å². The van der Waals surface area contributed by atoms with E-state index in [1.54, 1.807) is 0 Å². The van der Waals surface area contributed by atoms with E-state index in [0.717, 1.165) is 12.8 Å². The highest BCUT2D eigenvalue weighted by Gasteiger charge is 2.46. The van der Waals surface area contributed by atoms with Crippen molar-refractivity contribution < 1.29 is 9.16 Å². The Morgan fingerprint density at radius 3 is 2.41 bits per heavy atom. The average molecular weight is 325 g/mol. The van der Waals surface area contributed by atoms with Crippen LogP contribution in [0.1, 0.15) is 66.2 Å². The highest BCUT2D eigenvalue weighted by molar-refractivity contribution is 6.74. The zero-order chi connectivity index (χ0) is 16.6. The van der Waals surface area contributed by atoms with Gasteiger partial charge in [-0.1, -0.05) is 40.5 Å². The number of hydrogen-bond acceptors (Lipinski definition) is 2. The van der Waals surface area contributed by atoms with Gasteiger partial charge >= 0.3 is 0 Å². The van der Waals surface area contributed by atoms with Gasteiger partial charge in [0.15, 0.2) is 0 Å². The molecule has 1 fully saturated rings. The summed E-state index contributed by atoms with van der Waals surface area (Å²) >= 11 is 0. The Bertz CT molecular complexity index is 422. The lowest BCUT2D eigenvalue weighted by atomic mass is 9.65. The van der Waals surface area contributed by atoms with E-state index in [2.05, 4.69) is 46.9 Å². The molecule has 3 atom stereocenters. The largest absolute Gasteiger partial charge is 0.547 e. The molecule has 0 unspecified atom stereocenters. The minimum atomic E-state index is -1.71. The van der Waals surface area contributed by atoms with Crippen LogP contribution >= 0.6 is 0 Å². The molecule has 2 nitrogen and oxygen atoms in total. The molecule has 2 aliphatic carbocycles. The molecule has 1 saturated carbocycles. The second-order valence-electron chi connectivity index (χ2n) is 9.15. The van der Waals surface area contributed by atoms with Crippen LogP contribution in [-0.2, 0) is 9.16 Å².